The van der Waals surface area contributed by atoms with Crippen molar-refractivity contribution in [3.63, 3.8) is 0 Å². The van der Waals surface area contributed by atoms with E-state index >= 15 is 0 Å². The summed E-state index contributed by atoms with van der Waals surface area (Å²) < 4.78 is 11.6. The number of nitrogens with one attached hydrogen (secondary N) is 1. The van der Waals surface area contributed by atoms with Crippen LogP contribution in [0.25, 0.3) is 0 Å². The molecule has 1 amide bonds. The highest BCUT2D eigenvalue weighted by molar-refractivity contribution is 5.85. The summed E-state index contributed by atoms with van der Waals surface area (Å²) in [5, 5.41) is 15.1. The smallest absolute Gasteiger partial charge is 0.273 e. The van der Waals surface area contributed by atoms with Gasteiger partial charge in [0.2, 0.25) is 5.91 Å². The Morgan fingerprint density at radius 1 is 1.14 bits per heavy atom. The number of hydrogen-bond acceptors (Lipinski definition) is 6. The zero-order valence-electron chi connectivity index (χ0n) is 19.7. The standard InChI is InChI=1S/C27H27N3O5/c1-4-7-23-14-21(15-25(34-3)27(23)35-18-20-12-10-19(2)11-13-20)17-28-29-26(31)16-22-8-5-6-9-24(22)30(32)33/h4-6,8-15,17H,1,7,16,18H2,2-3H3,(H,29,31). The van der Waals surface area contributed by atoms with Gasteiger partial charge in [-0.3, -0.25) is 14.9 Å². The minimum absolute atomic E-state index is 0.105. The van der Waals surface area contributed by atoms with Crippen LogP contribution in [0.1, 0.15) is 27.8 Å². The van der Waals surface area contributed by atoms with Gasteiger partial charge in [-0.1, -0.05) is 54.1 Å². The van der Waals surface area contributed by atoms with Gasteiger partial charge in [0.05, 0.1) is 24.7 Å². The molecule has 3 rings (SSSR count). The second-order valence-electron chi connectivity index (χ2n) is 7.83. The number of aryl methyl sites for hydroxylation is 1. The summed E-state index contributed by atoms with van der Waals surface area (Å²) in [6.45, 7) is 6.24. The Morgan fingerprint density at radius 3 is 2.57 bits per heavy atom. The lowest BCUT2D eigenvalue weighted by atomic mass is 10.1. The minimum atomic E-state index is -0.512. The number of amides is 1. The number of nitro benzene ring substituents is 1. The molecule has 0 radical (unpaired) electrons. The molecule has 1 N–H and O–H groups in total. The normalized spacial score (nSPS) is 10.7. The summed E-state index contributed by atoms with van der Waals surface area (Å²) in [5.41, 5.74) is 6.39. The molecule has 0 atom stereocenters. The molecule has 8 heteroatoms. The summed E-state index contributed by atoms with van der Waals surface area (Å²) in [7, 11) is 1.56. The molecule has 0 heterocycles. The van der Waals surface area contributed by atoms with Crippen molar-refractivity contribution in [2.75, 3.05) is 7.11 Å². The number of hydrogen-bond donors (Lipinski definition) is 1. The first-order valence-corrected chi connectivity index (χ1v) is 11.0. The van der Waals surface area contributed by atoms with Crippen LogP contribution in [0, 0.1) is 17.0 Å². The Balaban J connectivity index is 1.72. The highest BCUT2D eigenvalue weighted by Crippen LogP contribution is 2.34. The fourth-order valence-electron chi connectivity index (χ4n) is 3.45. The molecule has 35 heavy (non-hydrogen) atoms. The summed E-state index contributed by atoms with van der Waals surface area (Å²) >= 11 is 0. The molecule has 0 fully saturated rings. The Labute approximate surface area is 204 Å². The minimum Gasteiger partial charge on any atom is -0.493 e. The Morgan fingerprint density at radius 2 is 1.89 bits per heavy atom. The van der Waals surface area contributed by atoms with Crippen LogP contribution < -0.4 is 14.9 Å². The quantitative estimate of drug-likeness (QED) is 0.184. The molecule has 0 spiro atoms. The van der Waals surface area contributed by atoms with Crippen LogP contribution in [-0.2, 0) is 24.2 Å². The molecule has 0 saturated heterocycles. The van der Waals surface area contributed by atoms with E-state index in [-0.39, 0.29) is 12.1 Å². The van der Waals surface area contributed by atoms with Crippen molar-refractivity contribution in [1.82, 2.24) is 5.43 Å². The number of benzene rings is 3. The van der Waals surface area contributed by atoms with E-state index in [1.165, 1.54) is 17.8 Å². The molecule has 0 bridgehead atoms. The van der Waals surface area contributed by atoms with Gasteiger partial charge >= 0.3 is 0 Å². The van der Waals surface area contributed by atoms with Crippen LogP contribution in [0.4, 0.5) is 5.69 Å². The zero-order chi connectivity index (χ0) is 25.2. The van der Waals surface area contributed by atoms with Gasteiger partial charge in [-0.2, -0.15) is 5.10 Å². The van der Waals surface area contributed by atoms with Crippen molar-refractivity contribution in [2.24, 2.45) is 5.10 Å². The fourth-order valence-corrected chi connectivity index (χ4v) is 3.45. The first-order valence-electron chi connectivity index (χ1n) is 11.0. The van der Waals surface area contributed by atoms with Gasteiger partial charge in [0.15, 0.2) is 11.5 Å². The van der Waals surface area contributed by atoms with E-state index in [0.29, 0.717) is 35.7 Å². The molecule has 0 aliphatic carbocycles. The number of carbonyl (C=O) groups is 1. The molecule has 3 aromatic rings. The summed E-state index contributed by atoms with van der Waals surface area (Å²) in [6, 6.07) is 17.8. The monoisotopic (exact) mass is 473 g/mol. The zero-order valence-corrected chi connectivity index (χ0v) is 19.7. The van der Waals surface area contributed by atoms with Crippen LogP contribution in [0.2, 0.25) is 0 Å². The third-order valence-corrected chi connectivity index (χ3v) is 5.18. The first-order chi connectivity index (χ1) is 16.9. The van der Waals surface area contributed by atoms with Crippen molar-refractivity contribution < 1.29 is 19.2 Å². The van der Waals surface area contributed by atoms with Gasteiger partial charge in [-0.15, -0.1) is 6.58 Å². The van der Waals surface area contributed by atoms with E-state index < -0.39 is 10.8 Å². The lowest BCUT2D eigenvalue weighted by Gasteiger charge is -2.16. The summed E-state index contributed by atoms with van der Waals surface area (Å²) in [5.74, 6) is 0.682. The highest BCUT2D eigenvalue weighted by atomic mass is 16.6. The number of hydrazone groups is 1. The number of ether oxygens (including phenoxy) is 2. The lowest BCUT2D eigenvalue weighted by molar-refractivity contribution is -0.385. The second kappa shape index (κ2) is 12.1. The number of nitro groups is 1. The van der Waals surface area contributed by atoms with Gasteiger partial charge in [0.25, 0.3) is 5.69 Å². The van der Waals surface area contributed by atoms with Gasteiger partial charge in [0, 0.05) is 17.2 Å². The maximum Gasteiger partial charge on any atom is 0.273 e. The molecule has 180 valence electrons. The van der Waals surface area contributed by atoms with E-state index in [4.69, 9.17) is 9.47 Å². The topological polar surface area (TPSA) is 103 Å². The average molecular weight is 474 g/mol. The molecule has 0 saturated carbocycles. The van der Waals surface area contributed by atoms with E-state index in [0.717, 1.165) is 11.1 Å². The van der Waals surface area contributed by atoms with Crippen molar-refractivity contribution in [1.29, 1.82) is 0 Å². The maximum atomic E-state index is 12.3. The second-order valence-corrected chi connectivity index (χ2v) is 7.83. The molecule has 0 aromatic heterocycles. The number of para-hydroxylation sites is 1. The Bertz CT molecular complexity index is 1240. The third kappa shape index (κ3) is 7.01. The van der Waals surface area contributed by atoms with Crippen LogP contribution in [0.5, 0.6) is 11.5 Å². The molecular weight excluding hydrogens is 446 g/mol. The molecule has 8 nitrogen and oxygen atoms in total. The largest absolute Gasteiger partial charge is 0.493 e. The van der Waals surface area contributed by atoms with Gasteiger partial charge in [-0.25, -0.2) is 5.43 Å². The highest BCUT2D eigenvalue weighted by Gasteiger charge is 2.15. The van der Waals surface area contributed by atoms with Crippen molar-refractivity contribution in [2.45, 2.75) is 26.4 Å². The Hall–Kier alpha value is -4.46. The van der Waals surface area contributed by atoms with Crippen molar-refractivity contribution in [3.8, 4) is 11.5 Å². The molecule has 0 aliphatic heterocycles. The SMILES string of the molecule is C=CCc1cc(C=NNC(=O)Cc2ccccc2[N+](=O)[O-])cc(OC)c1OCc1ccc(C)cc1. The molecular formula is C27H27N3O5. The van der Waals surface area contributed by atoms with Gasteiger partial charge in [-0.05, 0) is 36.6 Å². The van der Waals surface area contributed by atoms with Gasteiger partial charge in [0.1, 0.15) is 6.61 Å². The van der Waals surface area contributed by atoms with Crippen LogP contribution in [0.3, 0.4) is 0 Å². The van der Waals surface area contributed by atoms with E-state index in [1.54, 1.807) is 37.5 Å². The maximum absolute atomic E-state index is 12.3. The molecule has 3 aromatic carbocycles. The average Bonchev–Trinajstić information content (AvgIpc) is 2.84. The number of carbonyl (C=O) groups excluding carboxylic acids is 1. The predicted molar refractivity (Wildman–Crippen MR) is 135 cm³/mol. The first kappa shape index (κ1) is 25.2. The number of allylic oxidation sites excluding steroid dienone is 1. The number of rotatable bonds is 11. The number of nitrogens with zero attached hydrogens (tertiary/aromatic N) is 2. The number of methoxy groups -OCH3 is 1. The fraction of sp³-hybridized carbons (Fsp3) is 0.185. The summed E-state index contributed by atoms with van der Waals surface area (Å²) in [6.07, 6.45) is 3.63. The van der Waals surface area contributed by atoms with Crippen LogP contribution in [0.15, 0.2) is 78.4 Å². The van der Waals surface area contributed by atoms with Crippen molar-refractivity contribution in [3.05, 3.63) is 111 Å². The van der Waals surface area contributed by atoms with E-state index in [2.05, 4.69) is 17.1 Å². The van der Waals surface area contributed by atoms with Crippen molar-refractivity contribution >= 4 is 17.8 Å². The van der Waals surface area contributed by atoms with Crippen LogP contribution >= 0.6 is 0 Å². The van der Waals surface area contributed by atoms with Crippen LogP contribution in [-0.4, -0.2) is 24.2 Å². The van der Waals surface area contributed by atoms with E-state index in [1.807, 2.05) is 37.3 Å². The summed E-state index contributed by atoms with van der Waals surface area (Å²) in [4.78, 5) is 22.9. The Kier molecular flexibility index (Phi) is 8.72. The molecule has 0 unspecified atom stereocenters. The van der Waals surface area contributed by atoms with Gasteiger partial charge < -0.3 is 9.47 Å². The predicted octanol–water partition coefficient (Wildman–Crippen LogP) is 4.91. The lowest BCUT2D eigenvalue weighted by Crippen LogP contribution is -2.20. The third-order valence-electron chi connectivity index (χ3n) is 5.18. The van der Waals surface area contributed by atoms with E-state index in [9.17, 15) is 14.9 Å². The molecule has 0 aliphatic rings.